The number of allylic oxidation sites excluding steroid dienone is 2. The lowest BCUT2D eigenvalue weighted by atomic mass is 9.93. The molecule has 2 aliphatic rings. The van der Waals surface area contributed by atoms with Crippen molar-refractivity contribution in [2.45, 2.75) is 24.2 Å². The second-order valence-corrected chi connectivity index (χ2v) is 6.13. The third-order valence-electron chi connectivity index (χ3n) is 3.30. The van der Waals surface area contributed by atoms with Gasteiger partial charge in [-0.15, -0.1) is 4.40 Å². The van der Waals surface area contributed by atoms with Gasteiger partial charge in [-0.25, -0.2) is 0 Å². The summed E-state index contributed by atoms with van der Waals surface area (Å²) in [6.07, 6.45) is 6.99. The van der Waals surface area contributed by atoms with Gasteiger partial charge in [0, 0.05) is 5.92 Å². The molecule has 5 heteroatoms. The Labute approximate surface area is 106 Å². The van der Waals surface area contributed by atoms with E-state index in [2.05, 4.69) is 21.9 Å². The molecule has 0 radical (unpaired) electrons. The summed E-state index contributed by atoms with van der Waals surface area (Å²) in [5.74, 6) is 0.760. The third kappa shape index (κ3) is 1.95. The number of sulfonamides is 1. The molecule has 0 amide bonds. The predicted octanol–water partition coefficient (Wildman–Crippen LogP) is 2.56. The second-order valence-electron chi connectivity index (χ2n) is 4.55. The van der Waals surface area contributed by atoms with Gasteiger partial charge in [0.25, 0.3) is 10.0 Å². The molecule has 0 fully saturated rings. The Morgan fingerprint density at radius 1 is 1.22 bits per heavy atom. The number of benzene rings is 1. The van der Waals surface area contributed by atoms with Crippen molar-refractivity contribution < 1.29 is 8.42 Å². The average Bonchev–Trinajstić information content (AvgIpc) is 2.39. The van der Waals surface area contributed by atoms with E-state index < -0.39 is 10.0 Å². The van der Waals surface area contributed by atoms with Crippen LogP contribution in [0.2, 0.25) is 0 Å². The Morgan fingerprint density at radius 2 is 2.06 bits per heavy atom. The molecule has 1 aliphatic carbocycles. The van der Waals surface area contributed by atoms with E-state index in [0.717, 1.165) is 19.3 Å². The van der Waals surface area contributed by atoms with Gasteiger partial charge >= 0.3 is 0 Å². The monoisotopic (exact) mass is 262 g/mol. The molecule has 0 spiro atoms. The zero-order chi connectivity index (χ0) is 12.6. The van der Waals surface area contributed by atoms with Gasteiger partial charge in [-0.05, 0) is 31.4 Å². The summed E-state index contributed by atoms with van der Waals surface area (Å²) in [6.45, 7) is 0. The largest absolute Gasteiger partial charge is 0.342 e. The van der Waals surface area contributed by atoms with E-state index in [1.807, 2.05) is 6.07 Å². The van der Waals surface area contributed by atoms with E-state index in [1.54, 1.807) is 18.2 Å². The fraction of sp³-hybridized carbons (Fsp3) is 0.308. The number of nitrogens with zero attached hydrogens (tertiary/aromatic N) is 1. The zero-order valence-electron chi connectivity index (χ0n) is 9.83. The molecular formula is C13H14N2O2S. The first-order chi connectivity index (χ1) is 8.67. The van der Waals surface area contributed by atoms with Crippen molar-refractivity contribution in [1.82, 2.24) is 0 Å². The Bertz CT molecular complexity index is 632. The summed E-state index contributed by atoms with van der Waals surface area (Å²) < 4.78 is 28.1. The highest BCUT2D eigenvalue weighted by Crippen LogP contribution is 2.30. The summed E-state index contributed by atoms with van der Waals surface area (Å²) in [5.41, 5.74) is 0.636. The fourth-order valence-electron chi connectivity index (χ4n) is 2.35. The van der Waals surface area contributed by atoms with Crippen LogP contribution in [0.1, 0.15) is 19.3 Å². The van der Waals surface area contributed by atoms with E-state index in [9.17, 15) is 8.42 Å². The van der Waals surface area contributed by atoms with Crippen molar-refractivity contribution in [2.75, 3.05) is 5.32 Å². The number of fused-ring (bicyclic) bond motifs is 1. The van der Waals surface area contributed by atoms with Crippen LogP contribution in [0.25, 0.3) is 0 Å². The van der Waals surface area contributed by atoms with Gasteiger partial charge in [0.15, 0.2) is 0 Å². The summed E-state index contributed by atoms with van der Waals surface area (Å²) in [5, 5.41) is 3.16. The van der Waals surface area contributed by atoms with Crippen molar-refractivity contribution in [3.05, 3.63) is 36.4 Å². The van der Waals surface area contributed by atoms with E-state index in [1.165, 1.54) is 0 Å². The van der Waals surface area contributed by atoms with Crippen molar-refractivity contribution in [2.24, 2.45) is 10.3 Å². The van der Waals surface area contributed by atoms with Crippen LogP contribution in [0.5, 0.6) is 0 Å². The van der Waals surface area contributed by atoms with Crippen LogP contribution in [0, 0.1) is 5.92 Å². The van der Waals surface area contributed by atoms with Crippen molar-refractivity contribution in [1.29, 1.82) is 0 Å². The lowest BCUT2D eigenvalue weighted by Crippen LogP contribution is -2.29. The molecule has 0 saturated carbocycles. The minimum atomic E-state index is -3.54. The minimum absolute atomic E-state index is 0.179. The second kappa shape index (κ2) is 4.24. The molecule has 0 aromatic heterocycles. The highest BCUT2D eigenvalue weighted by atomic mass is 32.2. The topological polar surface area (TPSA) is 58.5 Å². The van der Waals surface area contributed by atoms with Gasteiger partial charge < -0.3 is 5.32 Å². The molecule has 1 aromatic rings. The summed E-state index contributed by atoms with van der Waals surface area (Å²) in [6, 6.07) is 6.89. The first kappa shape index (κ1) is 11.5. The maximum atomic E-state index is 12.1. The maximum Gasteiger partial charge on any atom is 0.286 e. The number of hydrogen-bond donors (Lipinski definition) is 1. The highest BCUT2D eigenvalue weighted by molar-refractivity contribution is 7.90. The molecule has 1 heterocycles. The van der Waals surface area contributed by atoms with Gasteiger partial charge in [-0.1, -0.05) is 24.3 Å². The van der Waals surface area contributed by atoms with Gasteiger partial charge in [-0.2, -0.15) is 8.42 Å². The molecule has 4 nitrogen and oxygen atoms in total. The lowest BCUT2D eigenvalue weighted by Gasteiger charge is -2.25. The van der Waals surface area contributed by atoms with E-state index in [4.69, 9.17) is 0 Å². The smallest absolute Gasteiger partial charge is 0.286 e. The van der Waals surface area contributed by atoms with Gasteiger partial charge in [0.1, 0.15) is 10.7 Å². The highest BCUT2D eigenvalue weighted by Gasteiger charge is 2.28. The molecule has 1 aromatic carbocycles. The SMILES string of the molecule is O=S1(=O)N=C([C@H]2CC=CCC2)Nc2ccccc21. The fourth-order valence-corrected chi connectivity index (χ4v) is 3.55. The van der Waals surface area contributed by atoms with Crippen LogP contribution in [0.15, 0.2) is 45.7 Å². The maximum absolute atomic E-state index is 12.1. The van der Waals surface area contributed by atoms with Crippen LogP contribution in [-0.2, 0) is 10.0 Å². The summed E-state index contributed by atoms with van der Waals surface area (Å²) in [7, 11) is -3.54. The van der Waals surface area contributed by atoms with Crippen molar-refractivity contribution in [3.8, 4) is 0 Å². The molecule has 1 N–H and O–H groups in total. The average molecular weight is 262 g/mol. The van der Waals surface area contributed by atoms with Crippen LogP contribution in [0.4, 0.5) is 5.69 Å². The number of anilines is 1. The van der Waals surface area contributed by atoms with Crippen molar-refractivity contribution in [3.63, 3.8) is 0 Å². The molecule has 0 bridgehead atoms. The van der Waals surface area contributed by atoms with E-state index in [0.29, 0.717) is 11.5 Å². The number of amidine groups is 1. The molecule has 3 rings (SSSR count). The predicted molar refractivity (Wildman–Crippen MR) is 71.2 cm³/mol. The number of hydrogen-bond acceptors (Lipinski definition) is 3. The van der Waals surface area contributed by atoms with Crippen LogP contribution >= 0.6 is 0 Å². The molecule has 94 valence electrons. The van der Waals surface area contributed by atoms with Gasteiger partial charge in [0.2, 0.25) is 0 Å². The Balaban J connectivity index is 2.01. The van der Waals surface area contributed by atoms with Crippen LogP contribution in [0.3, 0.4) is 0 Å². The van der Waals surface area contributed by atoms with E-state index >= 15 is 0 Å². The summed E-state index contributed by atoms with van der Waals surface area (Å²) in [4.78, 5) is 0.264. The molecule has 18 heavy (non-hydrogen) atoms. The Morgan fingerprint density at radius 3 is 2.83 bits per heavy atom. The van der Waals surface area contributed by atoms with Gasteiger partial charge in [-0.3, -0.25) is 0 Å². The standard InChI is InChI=1S/C13H14N2O2S/c16-18(17)12-9-5-4-8-11(12)14-13(15-18)10-6-2-1-3-7-10/h1-2,4-5,8-10H,3,6-7H2,(H,14,15)/t10-/m0/s1. The number of nitrogens with one attached hydrogen (secondary N) is 1. The molecule has 1 atom stereocenters. The summed E-state index contributed by atoms with van der Waals surface area (Å²) >= 11 is 0. The van der Waals surface area contributed by atoms with Crippen molar-refractivity contribution >= 4 is 21.5 Å². The lowest BCUT2D eigenvalue weighted by molar-refractivity contribution is 0.591. The van der Waals surface area contributed by atoms with Crippen LogP contribution < -0.4 is 5.32 Å². The Hall–Kier alpha value is -1.62. The van der Waals surface area contributed by atoms with Crippen LogP contribution in [-0.4, -0.2) is 14.3 Å². The molecule has 1 aliphatic heterocycles. The quantitative estimate of drug-likeness (QED) is 0.791. The Kier molecular flexibility index (Phi) is 2.70. The zero-order valence-corrected chi connectivity index (χ0v) is 10.7. The number of rotatable bonds is 1. The first-order valence-corrected chi connectivity index (χ1v) is 7.47. The first-order valence-electron chi connectivity index (χ1n) is 6.03. The third-order valence-corrected chi connectivity index (χ3v) is 4.65. The van der Waals surface area contributed by atoms with Gasteiger partial charge in [0.05, 0.1) is 5.69 Å². The molecular weight excluding hydrogens is 248 g/mol. The normalized spacial score (nSPS) is 24.9. The molecule has 0 unspecified atom stereocenters. The molecule has 0 saturated heterocycles. The minimum Gasteiger partial charge on any atom is -0.342 e. The van der Waals surface area contributed by atoms with E-state index in [-0.39, 0.29) is 10.8 Å². The number of para-hydroxylation sites is 1.